The third kappa shape index (κ3) is 5.28. The van der Waals surface area contributed by atoms with Gasteiger partial charge in [-0.05, 0) is 49.1 Å². The number of benzene rings is 2. The molecule has 3 rings (SSSR count). The highest BCUT2D eigenvalue weighted by Gasteiger charge is 2.11. The van der Waals surface area contributed by atoms with Gasteiger partial charge in [0, 0.05) is 23.5 Å². The van der Waals surface area contributed by atoms with Gasteiger partial charge in [0.15, 0.2) is 0 Å². The molecule has 0 aliphatic carbocycles. The molecule has 1 amide bonds. The Morgan fingerprint density at radius 2 is 1.89 bits per heavy atom. The van der Waals surface area contributed by atoms with Gasteiger partial charge in [-0.1, -0.05) is 48.0 Å². The lowest BCUT2D eigenvalue weighted by Crippen LogP contribution is -2.16. The van der Waals surface area contributed by atoms with E-state index in [-0.39, 0.29) is 5.91 Å². The number of carbonyl (C=O) groups is 1. The highest BCUT2D eigenvalue weighted by molar-refractivity contribution is 6.31. The molecule has 0 saturated heterocycles. The van der Waals surface area contributed by atoms with E-state index in [2.05, 4.69) is 32.7 Å². The largest absolute Gasteiger partial charge is 0.354 e. The third-order valence-corrected chi connectivity index (χ3v) is 4.58. The number of rotatable bonds is 7. The maximum Gasteiger partial charge on any atom is 0.274 e. The molecule has 2 aromatic carbocycles. The van der Waals surface area contributed by atoms with Crippen LogP contribution in [0.15, 0.2) is 60.8 Å². The fourth-order valence-electron chi connectivity index (χ4n) is 2.64. The molecule has 138 valence electrons. The molecule has 0 atom stereocenters. The van der Waals surface area contributed by atoms with Crippen molar-refractivity contribution < 1.29 is 4.79 Å². The molecule has 0 fully saturated rings. The Labute approximate surface area is 163 Å². The van der Waals surface area contributed by atoms with Gasteiger partial charge in [-0.2, -0.15) is 0 Å². The first-order valence-corrected chi connectivity index (χ1v) is 9.18. The van der Waals surface area contributed by atoms with E-state index < -0.39 is 0 Å². The molecule has 0 aliphatic heterocycles. The van der Waals surface area contributed by atoms with Gasteiger partial charge in [-0.15, -0.1) is 0 Å². The summed E-state index contributed by atoms with van der Waals surface area (Å²) in [5.74, 6) is 0.147. The fourth-order valence-corrected chi connectivity index (χ4v) is 2.81. The molecule has 0 unspecified atom stereocenters. The van der Waals surface area contributed by atoms with E-state index in [1.807, 2.05) is 31.2 Å². The normalized spacial score (nSPS) is 10.4. The zero-order valence-corrected chi connectivity index (χ0v) is 15.8. The molecular formula is C21H21ClN4O. The molecule has 3 aromatic rings. The predicted molar refractivity (Wildman–Crippen MR) is 109 cm³/mol. The number of halogens is 1. The van der Waals surface area contributed by atoms with Crippen LogP contribution < -0.4 is 10.6 Å². The van der Waals surface area contributed by atoms with Gasteiger partial charge in [0.2, 0.25) is 5.95 Å². The van der Waals surface area contributed by atoms with Gasteiger partial charge in [0.25, 0.3) is 5.91 Å². The minimum Gasteiger partial charge on any atom is -0.354 e. The van der Waals surface area contributed by atoms with Crippen molar-refractivity contribution in [2.75, 3.05) is 17.2 Å². The Kier molecular flexibility index (Phi) is 6.39. The lowest BCUT2D eigenvalue weighted by atomic mass is 10.1. The molecule has 6 heteroatoms. The molecule has 5 nitrogen and oxygen atoms in total. The lowest BCUT2D eigenvalue weighted by molar-refractivity contribution is 0.102. The molecular weight excluding hydrogens is 360 g/mol. The Balaban J connectivity index is 1.56. The summed E-state index contributed by atoms with van der Waals surface area (Å²) >= 11 is 6.10. The molecule has 1 heterocycles. The van der Waals surface area contributed by atoms with Gasteiger partial charge in [0.05, 0.1) is 0 Å². The van der Waals surface area contributed by atoms with E-state index >= 15 is 0 Å². The summed E-state index contributed by atoms with van der Waals surface area (Å²) < 4.78 is 0. The summed E-state index contributed by atoms with van der Waals surface area (Å²) in [6.45, 7) is 2.59. The number of anilines is 2. The van der Waals surface area contributed by atoms with Gasteiger partial charge >= 0.3 is 0 Å². The topological polar surface area (TPSA) is 66.9 Å². The highest BCUT2D eigenvalue weighted by atomic mass is 35.5. The quantitative estimate of drug-likeness (QED) is 0.581. The molecule has 0 radical (unpaired) electrons. The van der Waals surface area contributed by atoms with Crippen LogP contribution in [0.4, 0.5) is 11.6 Å². The van der Waals surface area contributed by atoms with E-state index in [0.29, 0.717) is 22.4 Å². The first kappa shape index (κ1) is 18.9. The van der Waals surface area contributed by atoms with Crippen molar-refractivity contribution >= 4 is 29.1 Å². The second-order valence-electron chi connectivity index (χ2n) is 6.15. The zero-order chi connectivity index (χ0) is 19.1. The van der Waals surface area contributed by atoms with Crippen molar-refractivity contribution in [1.29, 1.82) is 0 Å². The van der Waals surface area contributed by atoms with Gasteiger partial charge in [0.1, 0.15) is 5.69 Å². The van der Waals surface area contributed by atoms with Crippen LogP contribution in [0.1, 0.15) is 28.0 Å². The fraction of sp³-hybridized carbons (Fsp3) is 0.190. The van der Waals surface area contributed by atoms with Gasteiger partial charge in [-0.25, -0.2) is 9.97 Å². The van der Waals surface area contributed by atoms with Crippen LogP contribution >= 0.6 is 11.6 Å². The summed E-state index contributed by atoms with van der Waals surface area (Å²) in [6.07, 6.45) is 3.50. The summed E-state index contributed by atoms with van der Waals surface area (Å²) in [6, 6.07) is 17.3. The number of hydrogen-bond donors (Lipinski definition) is 2. The number of amides is 1. The summed E-state index contributed by atoms with van der Waals surface area (Å²) in [5.41, 5.74) is 3.09. The molecule has 0 aliphatic rings. The number of nitrogens with one attached hydrogen (secondary N) is 2. The van der Waals surface area contributed by atoms with Crippen LogP contribution in [-0.2, 0) is 6.42 Å². The van der Waals surface area contributed by atoms with E-state index in [9.17, 15) is 4.79 Å². The summed E-state index contributed by atoms with van der Waals surface area (Å²) in [7, 11) is 0. The number of aromatic nitrogens is 2. The Morgan fingerprint density at radius 1 is 1.07 bits per heavy atom. The maximum absolute atomic E-state index is 12.5. The van der Waals surface area contributed by atoms with Crippen molar-refractivity contribution in [3.8, 4) is 0 Å². The van der Waals surface area contributed by atoms with Gasteiger partial charge in [-0.3, -0.25) is 4.79 Å². The smallest absolute Gasteiger partial charge is 0.274 e. The lowest BCUT2D eigenvalue weighted by Gasteiger charge is -2.10. The summed E-state index contributed by atoms with van der Waals surface area (Å²) in [4.78, 5) is 21.0. The number of hydrogen-bond acceptors (Lipinski definition) is 4. The average molecular weight is 381 g/mol. The second kappa shape index (κ2) is 9.14. The Hall–Kier alpha value is -2.92. The van der Waals surface area contributed by atoms with E-state index in [1.165, 1.54) is 5.56 Å². The minimum absolute atomic E-state index is 0.296. The van der Waals surface area contributed by atoms with Crippen molar-refractivity contribution in [2.45, 2.75) is 19.8 Å². The van der Waals surface area contributed by atoms with Gasteiger partial charge < -0.3 is 10.6 Å². The van der Waals surface area contributed by atoms with Crippen LogP contribution in [0.25, 0.3) is 0 Å². The van der Waals surface area contributed by atoms with E-state index in [1.54, 1.807) is 24.4 Å². The number of aryl methyl sites for hydroxylation is 1. The van der Waals surface area contributed by atoms with E-state index in [0.717, 1.165) is 24.9 Å². The summed E-state index contributed by atoms with van der Waals surface area (Å²) in [5, 5.41) is 6.62. The first-order valence-electron chi connectivity index (χ1n) is 8.81. The van der Waals surface area contributed by atoms with Crippen molar-refractivity contribution in [2.24, 2.45) is 0 Å². The zero-order valence-electron chi connectivity index (χ0n) is 15.1. The molecule has 0 spiro atoms. The average Bonchev–Trinajstić information content (AvgIpc) is 2.70. The Morgan fingerprint density at radius 3 is 2.70 bits per heavy atom. The molecule has 1 aromatic heterocycles. The van der Waals surface area contributed by atoms with Crippen molar-refractivity contribution in [1.82, 2.24) is 9.97 Å². The molecule has 2 N–H and O–H groups in total. The van der Waals surface area contributed by atoms with Crippen LogP contribution in [-0.4, -0.2) is 22.4 Å². The standard InChI is InChI=1S/C21H21ClN4O/c1-15-17(22)10-5-11-18(15)25-20(27)19-12-14-24-21(26-19)23-13-6-9-16-7-3-2-4-8-16/h2-5,7-8,10-12,14H,6,9,13H2,1H3,(H,25,27)(H,23,24,26). The van der Waals surface area contributed by atoms with Crippen LogP contribution in [0, 0.1) is 6.92 Å². The van der Waals surface area contributed by atoms with Crippen LogP contribution in [0.3, 0.4) is 0 Å². The highest BCUT2D eigenvalue weighted by Crippen LogP contribution is 2.23. The van der Waals surface area contributed by atoms with Crippen molar-refractivity contribution in [3.05, 3.63) is 82.6 Å². The molecule has 27 heavy (non-hydrogen) atoms. The number of carbonyl (C=O) groups excluding carboxylic acids is 1. The maximum atomic E-state index is 12.5. The number of nitrogens with zero attached hydrogens (tertiary/aromatic N) is 2. The monoisotopic (exact) mass is 380 g/mol. The van der Waals surface area contributed by atoms with Crippen LogP contribution in [0.5, 0.6) is 0 Å². The van der Waals surface area contributed by atoms with E-state index in [4.69, 9.17) is 11.6 Å². The second-order valence-corrected chi connectivity index (χ2v) is 6.56. The molecule has 0 saturated carbocycles. The SMILES string of the molecule is Cc1c(Cl)cccc1NC(=O)c1ccnc(NCCCc2ccccc2)n1. The van der Waals surface area contributed by atoms with Crippen LogP contribution in [0.2, 0.25) is 5.02 Å². The predicted octanol–water partition coefficient (Wildman–Crippen LogP) is 4.74. The molecule has 0 bridgehead atoms. The Bertz CT molecular complexity index is 915. The third-order valence-electron chi connectivity index (χ3n) is 4.17. The minimum atomic E-state index is -0.296. The first-order chi connectivity index (χ1) is 13.1. The van der Waals surface area contributed by atoms with Crippen molar-refractivity contribution in [3.63, 3.8) is 0 Å².